The average molecular weight is 324 g/mol. The predicted molar refractivity (Wildman–Crippen MR) is 86.9 cm³/mol. The van der Waals surface area contributed by atoms with Gasteiger partial charge in [-0.25, -0.2) is 4.79 Å². The van der Waals surface area contributed by atoms with Gasteiger partial charge >= 0.3 is 5.97 Å². The standard InChI is InChI=1S/C17H16N4O3/c1-24-17(23)15-12(7-18-20-15)16(22)21-8-11-6-10-4-2-3-5-13(10)19-14(11)9-21/h2-6,12,18H,7-9H2,1H3. The van der Waals surface area contributed by atoms with E-state index in [1.54, 1.807) is 4.90 Å². The fourth-order valence-corrected chi connectivity index (χ4v) is 3.19. The Labute approximate surface area is 138 Å². The second kappa shape index (κ2) is 5.59. The van der Waals surface area contributed by atoms with Crippen molar-refractivity contribution in [1.29, 1.82) is 0 Å². The number of hydrazone groups is 1. The fraction of sp³-hybridized carbons (Fsp3) is 0.294. The van der Waals surface area contributed by atoms with Crippen molar-refractivity contribution >= 4 is 28.5 Å². The van der Waals surface area contributed by atoms with Gasteiger partial charge in [-0.05, 0) is 17.7 Å². The zero-order valence-corrected chi connectivity index (χ0v) is 13.2. The first kappa shape index (κ1) is 14.6. The van der Waals surface area contributed by atoms with E-state index in [4.69, 9.17) is 4.74 Å². The molecule has 7 heteroatoms. The van der Waals surface area contributed by atoms with Gasteiger partial charge in [-0.1, -0.05) is 18.2 Å². The Morgan fingerprint density at radius 2 is 2.12 bits per heavy atom. The number of nitrogens with one attached hydrogen (secondary N) is 1. The van der Waals surface area contributed by atoms with Crippen LogP contribution in [0.25, 0.3) is 10.9 Å². The number of methoxy groups -OCH3 is 1. The van der Waals surface area contributed by atoms with E-state index >= 15 is 0 Å². The molecule has 0 bridgehead atoms. The van der Waals surface area contributed by atoms with Crippen molar-refractivity contribution in [1.82, 2.24) is 15.3 Å². The summed E-state index contributed by atoms with van der Waals surface area (Å²) in [5.74, 6) is -1.31. The lowest BCUT2D eigenvalue weighted by atomic mass is 10.0. The molecule has 1 amide bonds. The molecule has 0 spiro atoms. The van der Waals surface area contributed by atoms with Gasteiger partial charge in [0, 0.05) is 11.9 Å². The van der Waals surface area contributed by atoms with Crippen LogP contribution in [0.2, 0.25) is 0 Å². The minimum Gasteiger partial charge on any atom is -0.464 e. The number of hydrogen-bond donors (Lipinski definition) is 1. The smallest absolute Gasteiger partial charge is 0.355 e. The van der Waals surface area contributed by atoms with Crippen molar-refractivity contribution in [2.24, 2.45) is 11.0 Å². The van der Waals surface area contributed by atoms with Crippen LogP contribution in [-0.4, -0.2) is 41.1 Å². The summed E-state index contributed by atoms with van der Waals surface area (Å²) in [6, 6.07) is 9.96. The normalized spacial score (nSPS) is 19.0. The van der Waals surface area contributed by atoms with Crippen molar-refractivity contribution in [2.75, 3.05) is 13.7 Å². The van der Waals surface area contributed by atoms with Gasteiger partial charge in [-0.15, -0.1) is 0 Å². The van der Waals surface area contributed by atoms with Gasteiger partial charge in [0.05, 0.1) is 31.4 Å². The Hall–Kier alpha value is -2.96. The number of carbonyl (C=O) groups excluding carboxylic acids is 2. The highest BCUT2D eigenvalue weighted by Gasteiger charge is 2.38. The lowest BCUT2D eigenvalue weighted by Gasteiger charge is -2.19. The van der Waals surface area contributed by atoms with Gasteiger partial charge in [-0.3, -0.25) is 9.78 Å². The number of benzene rings is 1. The van der Waals surface area contributed by atoms with Gasteiger partial charge < -0.3 is 15.1 Å². The second-order valence-electron chi connectivity index (χ2n) is 5.88. The van der Waals surface area contributed by atoms with E-state index in [-0.39, 0.29) is 11.6 Å². The Bertz CT molecular complexity index is 833. The van der Waals surface area contributed by atoms with Gasteiger partial charge in [0.2, 0.25) is 5.91 Å². The number of fused-ring (bicyclic) bond motifs is 2. The maximum Gasteiger partial charge on any atom is 0.355 e. The number of pyridine rings is 1. The molecule has 24 heavy (non-hydrogen) atoms. The molecular formula is C17H16N4O3. The minimum atomic E-state index is -0.610. The van der Waals surface area contributed by atoms with Crippen LogP contribution in [0.1, 0.15) is 11.3 Å². The highest BCUT2D eigenvalue weighted by atomic mass is 16.5. The molecule has 1 aromatic carbocycles. The molecule has 0 saturated heterocycles. The van der Waals surface area contributed by atoms with Crippen LogP contribution < -0.4 is 5.43 Å². The molecule has 0 saturated carbocycles. The van der Waals surface area contributed by atoms with E-state index in [1.165, 1.54) is 7.11 Å². The number of hydrogen-bond acceptors (Lipinski definition) is 6. The van der Waals surface area contributed by atoms with Gasteiger partial charge in [0.1, 0.15) is 5.92 Å². The first-order valence-corrected chi connectivity index (χ1v) is 7.72. The number of carbonyl (C=O) groups is 2. The van der Waals surface area contributed by atoms with E-state index in [1.807, 2.05) is 24.3 Å². The molecule has 2 aliphatic rings. The van der Waals surface area contributed by atoms with Crippen LogP contribution in [0.4, 0.5) is 0 Å². The first-order valence-electron chi connectivity index (χ1n) is 7.72. The number of ether oxygens (including phenoxy) is 1. The summed E-state index contributed by atoms with van der Waals surface area (Å²) in [5, 5.41) is 4.96. The van der Waals surface area contributed by atoms with Crippen molar-refractivity contribution in [3.63, 3.8) is 0 Å². The third-order valence-electron chi connectivity index (χ3n) is 4.42. The molecular weight excluding hydrogens is 308 g/mol. The zero-order valence-electron chi connectivity index (χ0n) is 13.2. The molecule has 0 fully saturated rings. The molecule has 7 nitrogen and oxygen atoms in total. The lowest BCUT2D eigenvalue weighted by molar-refractivity contribution is -0.137. The first-order chi connectivity index (χ1) is 11.7. The van der Waals surface area contributed by atoms with E-state index in [9.17, 15) is 9.59 Å². The summed E-state index contributed by atoms with van der Waals surface area (Å²) in [4.78, 5) is 30.9. The Kier molecular flexibility index (Phi) is 3.41. The highest BCUT2D eigenvalue weighted by molar-refractivity contribution is 6.41. The Balaban J connectivity index is 1.58. The van der Waals surface area contributed by atoms with Crippen molar-refractivity contribution in [3.8, 4) is 0 Å². The molecule has 1 aromatic heterocycles. The van der Waals surface area contributed by atoms with E-state index in [0.717, 1.165) is 22.2 Å². The highest BCUT2D eigenvalue weighted by Crippen LogP contribution is 2.27. The third kappa shape index (κ3) is 2.29. The molecule has 122 valence electrons. The Morgan fingerprint density at radius 1 is 1.29 bits per heavy atom. The van der Waals surface area contributed by atoms with E-state index in [2.05, 4.69) is 21.6 Å². The summed E-state index contributed by atoms with van der Waals surface area (Å²) in [5.41, 5.74) is 5.72. The summed E-state index contributed by atoms with van der Waals surface area (Å²) in [6.07, 6.45) is 0. The topological polar surface area (TPSA) is 83.9 Å². The summed E-state index contributed by atoms with van der Waals surface area (Å²) < 4.78 is 4.70. The van der Waals surface area contributed by atoms with Crippen molar-refractivity contribution in [3.05, 3.63) is 41.6 Å². The van der Waals surface area contributed by atoms with E-state index in [0.29, 0.717) is 19.6 Å². The van der Waals surface area contributed by atoms with Crippen LogP contribution in [-0.2, 0) is 27.4 Å². The van der Waals surface area contributed by atoms with Gasteiger partial charge in [0.25, 0.3) is 0 Å². The number of nitrogens with zero attached hydrogens (tertiary/aromatic N) is 3. The molecule has 1 unspecified atom stereocenters. The maximum atomic E-state index is 12.8. The number of esters is 1. The number of rotatable bonds is 2. The molecule has 1 atom stereocenters. The summed E-state index contributed by atoms with van der Waals surface area (Å²) in [6.45, 7) is 1.26. The lowest BCUT2D eigenvalue weighted by Crippen LogP contribution is -2.39. The summed E-state index contributed by atoms with van der Waals surface area (Å²) in [7, 11) is 1.28. The monoisotopic (exact) mass is 324 g/mol. The van der Waals surface area contributed by atoms with Crippen LogP contribution >= 0.6 is 0 Å². The van der Waals surface area contributed by atoms with Gasteiger partial charge in [-0.2, -0.15) is 5.10 Å². The molecule has 4 rings (SSSR count). The molecule has 1 N–H and O–H groups in total. The average Bonchev–Trinajstić information content (AvgIpc) is 3.24. The predicted octanol–water partition coefficient (Wildman–Crippen LogP) is 0.825. The number of para-hydroxylation sites is 1. The maximum absolute atomic E-state index is 12.8. The largest absolute Gasteiger partial charge is 0.464 e. The zero-order chi connectivity index (χ0) is 16.7. The number of aromatic nitrogens is 1. The van der Waals surface area contributed by atoms with Crippen molar-refractivity contribution in [2.45, 2.75) is 13.1 Å². The van der Waals surface area contributed by atoms with Gasteiger partial charge in [0.15, 0.2) is 5.71 Å². The molecule has 3 heterocycles. The molecule has 2 aromatic rings. The Morgan fingerprint density at radius 3 is 2.96 bits per heavy atom. The minimum absolute atomic E-state index is 0.133. The molecule has 0 aliphatic carbocycles. The van der Waals surface area contributed by atoms with E-state index < -0.39 is 11.9 Å². The van der Waals surface area contributed by atoms with Crippen molar-refractivity contribution < 1.29 is 14.3 Å². The fourth-order valence-electron chi connectivity index (χ4n) is 3.19. The van der Waals surface area contributed by atoms with Crippen LogP contribution in [0.3, 0.4) is 0 Å². The van der Waals surface area contributed by atoms with Crippen LogP contribution in [0.15, 0.2) is 35.4 Å². The third-order valence-corrected chi connectivity index (χ3v) is 4.42. The molecule has 2 aliphatic heterocycles. The SMILES string of the molecule is COC(=O)C1=NNCC1C(=O)N1Cc2cc3ccccc3nc2C1. The quantitative estimate of drug-likeness (QED) is 0.827. The number of amides is 1. The van der Waals surface area contributed by atoms with Crippen LogP contribution in [0.5, 0.6) is 0 Å². The van der Waals surface area contributed by atoms with Crippen LogP contribution in [0, 0.1) is 5.92 Å². The second-order valence-corrected chi connectivity index (χ2v) is 5.88. The summed E-state index contributed by atoms with van der Waals surface area (Å²) >= 11 is 0. The molecule has 0 radical (unpaired) electrons.